The molecule has 22 heavy (non-hydrogen) atoms. The normalized spacial score (nSPS) is 20.8. The first-order chi connectivity index (χ1) is 10.8. The molecule has 1 fully saturated rings. The molecule has 3 nitrogen and oxygen atoms in total. The minimum absolute atomic E-state index is 0.731. The van der Waals surface area contributed by atoms with Crippen LogP contribution in [-0.2, 0) is 28.8 Å². The Labute approximate surface area is 145 Å². The molecule has 0 spiro atoms. The Hall–Kier alpha value is -0.502. The Bertz CT molecular complexity index is 473. The molecule has 0 amide bonds. The summed E-state index contributed by atoms with van der Waals surface area (Å²) >= 11 is 1.40. The Morgan fingerprint density at radius 2 is 2.14 bits per heavy atom. The van der Waals surface area contributed by atoms with E-state index >= 15 is 0 Å². The van der Waals surface area contributed by atoms with E-state index in [-0.39, 0.29) is 0 Å². The number of allylic oxidation sites excluding steroid dienone is 3. The molecular weight excluding hydrogens is 446 g/mol. The summed E-state index contributed by atoms with van der Waals surface area (Å²) in [5.74, 6) is 0. The van der Waals surface area contributed by atoms with Crippen LogP contribution in [-0.4, -0.2) is 41.9 Å². The van der Waals surface area contributed by atoms with Crippen LogP contribution in [0.3, 0.4) is 0 Å². The molecule has 0 saturated carbocycles. The van der Waals surface area contributed by atoms with Gasteiger partial charge in [-0.15, -0.1) is 0 Å². The Morgan fingerprint density at radius 3 is 2.73 bits per heavy atom. The van der Waals surface area contributed by atoms with E-state index in [1.54, 1.807) is 0 Å². The molecule has 122 valence electrons. The molecule has 0 aromatic carbocycles. The van der Waals surface area contributed by atoms with Crippen LogP contribution in [0.1, 0.15) is 39.5 Å². The standard InChI is InChI=1S/C18H27NO2.W/c1-3-18(16-8-6-5-7-9-16)17(15-20-4-2)14-19-10-12-21-13-11-19;/h3,8,14H,4-7,9-13H2,1-2H3;/b17-14-,18-3+;. The Morgan fingerprint density at radius 1 is 1.36 bits per heavy atom. The predicted octanol–water partition coefficient (Wildman–Crippen LogP) is 3.36. The van der Waals surface area contributed by atoms with Gasteiger partial charge in [-0.05, 0) is 0 Å². The summed E-state index contributed by atoms with van der Waals surface area (Å²) in [5.41, 5.74) is 4.13. The van der Waals surface area contributed by atoms with Gasteiger partial charge in [0.15, 0.2) is 0 Å². The van der Waals surface area contributed by atoms with Crippen molar-refractivity contribution >= 4 is 4.08 Å². The fraction of sp³-hybridized carbons (Fsp3) is 0.611. The van der Waals surface area contributed by atoms with Crippen LogP contribution in [0.5, 0.6) is 0 Å². The fourth-order valence-electron chi connectivity index (χ4n) is 2.93. The summed E-state index contributed by atoms with van der Waals surface area (Å²) in [6.45, 7) is 8.51. The van der Waals surface area contributed by atoms with E-state index in [4.69, 9.17) is 9.47 Å². The van der Waals surface area contributed by atoms with E-state index in [0.29, 0.717) is 0 Å². The first kappa shape index (κ1) is 17.8. The van der Waals surface area contributed by atoms with Crippen molar-refractivity contribution in [2.75, 3.05) is 32.9 Å². The SMILES string of the molecule is C/C=C(C1=CCCCC1)/C(=C\N1CCOCC1)[C](=[W])OCC. The topological polar surface area (TPSA) is 21.7 Å². The van der Waals surface area contributed by atoms with Crippen LogP contribution >= 0.6 is 0 Å². The first-order valence-electron chi connectivity index (χ1n) is 8.33. The van der Waals surface area contributed by atoms with E-state index < -0.39 is 0 Å². The van der Waals surface area contributed by atoms with Gasteiger partial charge in [-0.2, -0.15) is 0 Å². The van der Waals surface area contributed by atoms with Crippen molar-refractivity contribution in [3.63, 3.8) is 0 Å². The second kappa shape index (κ2) is 9.60. The second-order valence-corrected chi connectivity index (χ2v) is 6.92. The van der Waals surface area contributed by atoms with Crippen LogP contribution in [0.4, 0.5) is 0 Å². The molecule has 0 N–H and O–H groups in total. The third-order valence-electron chi connectivity index (χ3n) is 4.07. The summed E-state index contributed by atoms with van der Waals surface area (Å²) in [6, 6.07) is 0. The van der Waals surface area contributed by atoms with Gasteiger partial charge in [0.2, 0.25) is 0 Å². The summed E-state index contributed by atoms with van der Waals surface area (Å²) < 4.78 is 12.4. The molecule has 0 aromatic rings. The maximum atomic E-state index is 5.88. The van der Waals surface area contributed by atoms with E-state index in [9.17, 15) is 0 Å². The van der Waals surface area contributed by atoms with E-state index in [0.717, 1.165) is 37.0 Å². The van der Waals surface area contributed by atoms with Gasteiger partial charge in [0.05, 0.1) is 0 Å². The fourth-order valence-corrected chi connectivity index (χ4v) is 3.93. The van der Waals surface area contributed by atoms with Crippen molar-refractivity contribution in [2.24, 2.45) is 0 Å². The zero-order valence-corrected chi connectivity index (χ0v) is 16.7. The van der Waals surface area contributed by atoms with Crippen molar-refractivity contribution in [1.29, 1.82) is 0 Å². The summed E-state index contributed by atoms with van der Waals surface area (Å²) in [4.78, 5) is 2.37. The van der Waals surface area contributed by atoms with Crippen molar-refractivity contribution < 1.29 is 28.8 Å². The van der Waals surface area contributed by atoms with E-state index in [2.05, 4.69) is 37.1 Å². The van der Waals surface area contributed by atoms with Gasteiger partial charge in [-0.3, -0.25) is 0 Å². The third kappa shape index (κ3) is 5.01. The van der Waals surface area contributed by atoms with Crippen LogP contribution in [0.2, 0.25) is 0 Å². The average molecular weight is 473 g/mol. The van der Waals surface area contributed by atoms with Gasteiger partial charge >= 0.3 is 145 Å². The minimum atomic E-state index is 0.731. The molecular formula is C18H27NO2W. The van der Waals surface area contributed by atoms with Crippen molar-refractivity contribution in [3.05, 3.63) is 35.1 Å². The molecule has 1 aliphatic carbocycles. The maximum absolute atomic E-state index is 5.88. The summed E-state index contributed by atoms with van der Waals surface area (Å²) in [7, 11) is 0. The molecule has 0 unspecified atom stereocenters. The third-order valence-corrected chi connectivity index (χ3v) is 5.28. The van der Waals surface area contributed by atoms with Gasteiger partial charge in [-0.1, -0.05) is 0 Å². The predicted molar refractivity (Wildman–Crippen MR) is 87.4 cm³/mol. The van der Waals surface area contributed by atoms with E-state index in [1.807, 2.05) is 0 Å². The van der Waals surface area contributed by atoms with Crippen molar-refractivity contribution in [2.45, 2.75) is 39.5 Å². The van der Waals surface area contributed by atoms with Crippen LogP contribution in [0.15, 0.2) is 35.1 Å². The monoisotopic (exact) mass is 473 g/mol. The zero-order valence-electron chi connectivity index (χ0n) is 13.8. The average Bonchev–Trinajstić information content (AvgIpc) is 2.57. The molecule has 1 heterocycles. The molecule has 0 atom stereocenters. The van der Waals surface area contributed by atoms with Crippen LogP contribution < -0.4 is 0 Å². The van der Waals surface area contributed by atoms with E-state index in [1.165, 1.54) is 61.8 Å². The number of hydrogen-bond donors (Lipinski definition) is 0. The quantitative estimate of drug-likeness (QED) is 0.553. The molecule has 4 heteroatoms. The number of hydrogen-bond acceptors (Lipinski definition) is 3. The van der Waals surface area contributed by atoms with Gasteiger partial charge in [0.25, 0.3) is 0 Å². The van der Waals surface area contributed by atoms with Gasteiger partial charge < -0.3 is 0 Å². The molecule has 2 rings (SSSR count). The molecule has 1 aliphatic heterocycles. The Balaban J connectivity index is 2.27. The molecule has 0 radical (unpaired) electrons. The molecule has 1 saturated heterocycles. The second-order valence-electron chi connectivity index (χ2n) is 5.59. The van der Waals surface area contributed by atoms with Gasteiger partial charge in [0, 0.05) is 0 Å². The number of morpholine rings is 1. The van der Waals surface area contributed by atoms with Crippen LogP contribution in [0, 0.1) is 0 Å². The zero-order chi connectivity index (χ0) is 15.8. The van der Waals surface area contributed by atoms with Crippen LogP contribution in [0.25, 0.3) is 0 Å². The first-order valence-corrected chi connectivity index (χ1v) is 9.79. The number of nitrogens with zero attached hydrogens (tertiary/aromatic N) is 1. The number of rotatable bonds is 6. The molecule has 0 aromatic heterocycles. The number of ether oxygens (including phenoxy) is 2. The molecule has 0 bridgehead atoms. The summed E-state index contributed by atoms with van der Waals surface area (Å²) in [5, 5.41) is 0. The van der Waals surface area contributed by atoms with Crippen molar-refractivity contribution in [3.8, 4) is 0 Å². The summed E-state index contributed by atoms with van der Waals surface area (Å²) in [6.07, 6.45) is 12.0. The molecule has 2 aliphatic rings. The van der Waals surface area contributed by atoms with Gasteiger partial charge in [-0.25, -0.2) is 0 Å². The van der Waals surface area contributed by atoms with Gasteiger partial charge in [0.1, 0.15) is 0 Å². The Kier molecular flexibility index (Phi) is 7.78. The van der Waals surface area contributed by atoms with Crippen molar-refractivity contribution in [1.82, 2.24) is 4.90 Å².